The standard InChI is InChI=1S/C13H9NO2/c1-7-10(15)6-14-12-8-4-2-3-5-9(8)13(16)11(7)12/h2-6,15H,1H3. The summed E-state index contributed by atoms with van der Waals surface area (Å²) < 4.78 is 0. The van der Waals surface area contributed by atoms with E-state index >= 15 is 0 Å². The zero-order chi connectivity index (χ0) is 11.3. The van der Waals surface area contributed by atoms with Crippen molar-refractivity contribution in [2.45, 2.75) is 6.92 Å². The number of aromatic nitrogens is 1. The second kappa shape index (κ2) is 2.92. The van der Waals surface area contributed by atoms with Crippen LogP contribution in [0.15, 0.2) is 30.5 Å². The van der Waals surface area contributed by atoms with Gasteiger partial charge >= 0.3 is 0 Å². The van der Waals surface area contributed by atoms with Gasteiger partial charge in [-0.1, -0.05) is 24.3 Å². The highest BCUT2D eigenvalue weighted by atomic mass is 16.3. The molecule has 0 aliphatic heterocycles. The Kier molecular flexibility index (Phi) is 1.66. The molecule has 0 amide bonds. The molecule has 0 saturated heterocycles. The SMILES string of the molecule is Cc1c(O)cnc2c1C(=O)c1ccccc1-2. The van der Waals surface area contributed by atoms with Gasteiger partial charge in [0.15, 0.2) is 5.78 Å². The van der Waals surface area contributed by atoms with Crippen molar-refractivity contribution in [1.29, 1.82) is 0 Å². The first-order valence-corrected chi connectivity index (χ1v) is 5.03. The van der Waals surface area contributed by atoms with Gasteiger partial charge in [-0.05, 0) is 6.92 Å². The van der Waals surface area contributed by atoms with Crippen LogP contribution in [0, 0.1) is 6.92 Å². The monoisotopic (exact) mass is 211 g/mol. The van der Waals surface area contributed by atoms with Crippen LogP contribution in [-0.4, -0.2) is 15.9 Å². The van der Waals surface area contributed by atoms with Gasteiger partial charge in [0.2, 0.25) is 0 Å². The van der Waals surface area contributed by atoms with Crippen LogP contribution in [0.4, 0.5) is 0 Å². The number of fused-ring (bicyclic) bond motifs is 3. The Morgan fingerprint density at radius 2 is 1.88 bits per heavy atom. The number of nitrogens with zero attached hydrogens (tertiary/aromatic N) is 1. The number of pyridine rings is 1. The van der Waals surface area contributed by atoms with E-state index in [1.54, 1.807) is 13.0 Å². The maximum Gasteiger partial charge on any atom is 0.196 e. The predicted molar refractivity (Wildman–Crippen MR) is 59.5 cm³/mol. The van der Waals surface area contributed by atoms with Crippen LogP contribution >= 0.6 is 0 Å². The van der Waals surface area contributed by atoms with Gasteiger partial charge in [0.05, 0.1) is 17.5 Å². The van der Waals surface area contributed by atoms with E-state index < -0.39 is 0 Å². The average Bonchev–Trinajstić information content (AvgIpc) is 2.59. The summed E-state index contributed by atoms with van der Waals surface area (Å²) in [6.07, 6.45) is 1.39. The number of ketones is 1. The summed E-state index contributed by atoms with van der Waals surface area (Å²) in [5.74, 6) is 0.0198. The summed E-state index contributed by atoms with van der Waals surface area (Å²) in [5, 5.41) is 9.57. The topological polar surface area (TPSA) is 50.2 Å². The van der Waals surface area contributed by atoms with Gasteiger partial charge in [0.1, 0.15) is 5.75 Å². The Labute approximate surface area is 92.4 Å². The van der Waals surface area contributed by atoms with Gasteiger partial charge in [0, 0.05) is 16.7 Å². The van der Waals surface area contributed by atoms with Crippen molar-refractivity contribution in [1.82, 2.24) is 4.98 Å². The zero-order valence-corrected chi connectivity index (χ0v) is 8.69. The van der Waals surface area contributed by atoms with Crippen LogP contribution in [0.1, 0.15) is 21.5 Å². The molecule has 2 aromatic rings. The molecule has 0 spiro atoms. The number of rotatable bonds is 0. The second-order valence-electron chi connectivity index (χ2n) is 3.87. The first kappa shape index (κ1) is 9.09. The molecule has 1 heterocycles. The Morgan fingerprint density at radius 1 is 1.19 bits per heavy atom. The Morgan fingerprint density at radius 3 is 2.62 bits per heavy atom. The lowest BCUT2D eigenvalue weighted by Crippen LogP contribution is -1.98. The molecule has 3 nitrogen and oxygen atoms in total. The third kappa shape index (κ3) is 0.972. The molecule has 0 fully saturated rings. The lowest BCUT2D eigenvalue weighted by Gasteiger charge is -2.03. The molecule has 0 saturated carbocycles. The maximum atomic E-state index is 12.1. The van der Waals surface area contributed by atoms with Gasteiger partial charge in [-0.2, -0.15) is 0 Å². The van der Waals surface area contributed by atoms with E-state index in [9.17, 15) is 9.90 Å². The van der Waals surface area contributed by atoms with E-state index in [2.05, 4.69) is 4.98 Å². The van der Waals surface area contributed by atoms with Crippen molar-refractivity contribution in [3.05, 3.63) is 47.2 Å². The molecule has 1 N–H and O–H groups in total. The van der Waals surface area contributed by atoms with Crippen LogP contribution in [0.2, 0.25) is 0 Å². The molecule has 3 heteroatoms. The summed E-state index contributed by atoms with van der Waals surface area (Å²) >= 11 is 0. The van der Waals surface area contributed by atoms with Crippen molar-refractivity contribution >= 4 is 5.78 Å². The van der Waals surface area contributed by atoms with Crippen molar-refractivity contribution in [3.8, 4) is 17.0 Å². The third-order valence-electron chi connectivity index (χ3n) is 2.97. The molecule has 0 atom stereocenters. The lowest BCUT2D eigenvalue weighted by molar-refractivity contribution is 0.104. The van der Waals surface area contributed by atoms with E-state index in [0.29, 0.717) is 22.4 Å². The van der Waals surface area contributed by atoms with Crippen LogP contribution < -0.4 is 0 Å². The van der Waals surface area contributed by atoms with Crippen molar-refractivity contribution in [2.24, 2.45) is 0 Å². The van der Waals surface area contributed by atoms with Crippen molar-refractivity contribution in [3.63, 3.8) is 0 Å². The molecule has 16 heavy (non-hydrogen) atoms. The predicted octanol–water partition coefficient (Wildman–Crippen LogP) is 2.31. The van der Waals surface area contributed by atoms with Crippen LogP contribution in [-0.2, 0) is 0 Å². The number of benzene rings is 1. The third-order valence-corrected chi connectivity index (χ3v) is 2.97. The van der Waals surface area contributed by atoms with Crippen LogP contribution in [0.25, 0.3) is 11.3 Å². The number of carbonyl (C=O) groups excluding carboxylic acids is 1. The molecule has 0 unspecified atom stereocenters. The van der Waals surface area contributed by atoms with E-state index in [-0.39, 0.29) is 11.5 Å². The molecule has 1 aliphatic carbocycles. The molecular weight excluding hydrogens is 202 g/mol. The highest BCUT2D eigenvalue weighted by molar-refractivity contribution is 6.21. The molecule has 78 valence electrons. The first-order chi connectivity index (χ1) is 7.70. The normalized spacial score (nSPS) is 12.4. The number of carbonyl (C=O) groups is 1. The minimum atomic E-state index is -0.0495. The van der Waals surface area contributed by atoms with Crippen molar-refractivity contribution < 1.29 is 9.90 Å². The molecule has 0 radical (unpaired) electrons. The Bertz CT molecular complexity index is 617. The summed E-state index contributed by atoms with van der Waals surface area (Å²) in [4.78, 5) is 16.3. The summed E-state index contributed by atoms with van der Waals surface area (Å²) in [6.45, 7) is 1.74. The first-order valence-electron chi connectivity index (χ1n) is 5.03. The molecule has 3 rings (SSSR count). The van der Waals surface area contributed by atoms with E-state index in [1.165, 1.54) is 6.20 Å². The number of hydrogen-bond donors (Lipinski definition) is 1. The summed E-state index contributed by atoms with van der Waals surface area (Å²) in [6, 6.07) is 7.38. The minimum absolute atomic E-state index is 0.0495. The van der Waals surface area contributed by atoms with Gasteiger partial charge in [0.25, 0.3) is 0 Å². The van der Waals surface area contributed by atoms with E-state index in [4.69, 9.17) is 0 Å². The highest BCUT2D eigenvalue weighted by Gasteiger charge is 2.29. The lowest BCUT2D eigenvalue weighted by atomic mass is 10.1. The summed E-state index contributed by atoms with van der Waals surface area (Å²) in [7, 11) is 0. The Balaban J connectivity index is 2.42. The fraction of sp³-hybridized carbons (Fsp3) is 0.0769. The van der Waals surface area contributed by atoms with E-state index in [0.717, 1.165) is 5.56 Å². The number of hydrogen-bond acceptors (Lipinski definition) is 3. The van der Waals surface area contributed by atoms with Gasteiger partial charge in [-0.25, -0.2) is 0 Å². The minimum Gasteiger partial charge on any atom is -0.506 e. The fourth-order valence-corrected chi connectivity index (χ4v) is 2.10. The van der Waals surface area contributed by atoms with E-state index in [1.807, 2.05) is 18.2 Å². The quantitative estimate of drug-likeness (QED) is 0.620. The van der Waals surface area contributed by atoms with Gasteiger partial charge < -0.3 is 5.11 Å². The molecular formula is C13H9NO2. The highest BCUT2D eigenvalue weighted by Crippen LogP contribution is 2.38. The molecule has 1 aliphatic rings. The smallest absolute Gasteiger partial charge is 0.196 e. The Hall–Kier alpha value is -2.16. The van der Waals surface area contributed by atoms with Crippen molar-refractivity contribution in [2.75, 3.05) is 0 Å². The maximum absolute atomic E-state index is 12.1. The average molecular weight is 211 g/mol. The molecule has 0 bridgehead atoms. The van der Waals surface area contributed by atoms with Gasteiger partial charge in [-0.3, -0.25) is 9.78 Å². The van der Waals surface area contributed by atoms with Crippen LogP contribution in [0.5, 0.6) is 5.75 Å². The fourth-order valence-electron chi connectivity index (χ4n) is 2.10. The second-order valence-corrected chi connectivity index (χ2v) is 3.87. The van der Waals surface area contributed by atoms with Gasteiger partial charge in [-0.15, -0.1) is 0 Å². The largest absolute Gasteiger partial charge is 0.506 e. The molecule has 1 aromatic heterocycles. The summed E-state index contributed by atoms with van der Waals surface area (Å²) in [5.41, 5.74) is 3.33. The molecule has 1 aromatic carbocycles. The zero-order valence-electron chi connectivity index (χ0n) is 8.69. The number of aromatic hydroxyl groups is 1. The van der Waals surface area contributed by atoms with Crippen LogP contribution in [0.3, 0.4) is 0 Å².